The zero-order valence-corrected chi connectivity index (χ0v) is 9.87. The number of aliphatic carboxylic acids is 1. The summed E-state index contributed by atoms with van der Waals surface area (Å²) in [6, 6.07) is 3.52. The molecule has 0 amide bonds. The Bertz CT molecular complexity index is 515. The van der Waals surface area contributed by atoms with Gasteiger partial charge in [0.05, 0.1) is 0 Å². The zero-order chi connectivity index (χ0) is 13.1. The van der Waals surface area contributed by atoms with Crippen molar-refractivity contribution in [3.05, 3.63) is 30.1 Å². The fourth-order valence-corrected chi connectivity index (χ4v) is 2.57. The average molecular weight is 261 g/mol. The molecule has 1 aromatic rings. The number of rotatable bonds is 5. The largest absolute Gasteiger partial charge is 0.480 e. The predicted octanol–water partition coefficient (Wildman–Crippen LogP) is 0.967. The molecule has 0 aliphatic heterocycles. The smallest absolute Gasteiger partial charge is 0.321 e. The topological polar surface area (TPSA) is 83.5 Å². The minimum atomic E-state index is -4.15. The highest BCUT2D eigenvalue weighted by Crippen LogP contribution is 2.14. The Labute approximate surface area is 98.3 Å². The highest BCUT2D eigenvalue weighted by molar-refractivity contribution is 7.89. The first kappa shape index (κ1) is 13.6. The molecule has 0 bridgehead atoms. The summed E-state index contributed by atoms with van der Waals surface area (Å²) in [5.74, 6) is -2.22. The molecule has 0 aliphatic rings. The number of halogens is 1. The first-order valence-electron chi connectivity index (χ1n) is 4.88. The molecule has 2 N–H and O–H groups in total. The van der Waals surface area contributed by atoms with Gasteiger partial charge in [-0.2, -0.15) is 4.72 Å². The van der Waals surface area contributed by atoms with Crippen LogP contribution in [0, 0.1) is 5.82 Å². The Hall–Kier alpha value is -1.47. The van der Waals surface area contributed by atoms with Crippen LogP contribution in [0.4, 0.5) is 4.39 Å². The fraction of sp³-hybridized carbons (Fsp3) is 0.300. The number of carbonyl (C=O) groups is 1. The molecule has 0 heterocycles. The molecule has 17 heavy (non-hydrogen) atoms. The predicted molar refractivity (Wildman–Crippen MR) is 58.4 cm³/mol. The third kappa shape index (κ3) is 3.24. The summed E-state index contributed by atoms with van der Waals surface area (Å²) in [6.45, 7) is 1.52. The maximum Gasteiger partial charge on any atom is 0.321 e. The van der Waals surface area contributed by atoms with E-state index in [1.54, 1.807) is 0 Å². The van der Waals surface area contributed by atoms with Crippen LogP contribution in [0.1, 0.15) is 13.3 Å². The Morgan fingerprint density at radius 1 is 1.47 bits per heavy atom. The maximum absolute atomic E-state index is 13.3. The van der Waals surface area contributed by atoms with E-state index in [0.717, 1.165) is 12.1 Å². The summed E-state index contributed by atoms with van der Waals surface area (Å²) in [5, 5.41) is 8.73. The SMILES string of the molecule is CC[C@H](NS(=O)(=O)c1ccccc1F)C(=O)O. The van der Waals surface area contributed by atoms with Crippen molar-refractivity contribution in [2.75, 3.05) is 0 Å². The summed E-state index contributed by atoms with van der Waals surface area (Å²) in [5.41, 5.74) is 0. The van der Waals surface area contributed by atoms with Crippen LogP contribution in [-0.2, 0) is 14.8 Å². The number of nitrogens with one attached hydrogen (secondary N) is 1. The zero-order valence-electron chi connectivity index (χ0n) is 9.05. The minimum Gasteiger partial charge on any atom is -0.480 e. The number of carboxylic acids is 1. The molecular formula is C10H12FNO4S. The molecule has 0 spiro atoms. The van der Waals surface area contributed by atoms with E-state index in [-0.39, 0.29) is 6.42 Å². The van der Waals surface area contributed by atoms with Gasteiger partial charge < -0.3 is 5.11 Å². The van der Waals surface area contributed by atoms with Crippen LogP contribution in [0.3, 0.4) is 0 Å². The lowest BCUT2D eigenvalue weighted by Gasteiger charge is -2.12. The Balaban J connectivity index is 3.05. The highest BCUT2D eigenvalue weighted by Gasteiger charge is 2.25. The summed E-state index contributed by atoms with van der Waals surface area (Å²) >= 11 is 0. The van der Waals surface area contributed by atoms with Crippen molar-refractivity contribution in [1.29, 1.82) is 0 Å². The van der Waals surface area contributed by atoms with Crippen LogP contribution in [-0.4, -0.2) is 25.5 Å². The van der Waals surface area contributed by atoms with E-state index in [9.17, 15) is 17.6 Å². The van der Waals surface area contributed by atoms with Gasteiger partial charge in [0, 0.05) is 0 Å². The van der Waals surface area contributed by atoms with Crippen molar-refractivity contribution in [2.24, 2.45) is 0 Å². The van der Waals surface area contributed by atoms with Gasteiger partial charge in [-0.05, 0) is 18.6 Å². The quantitative estimate of drug-likeness (QED) is 0.827. The van der Waals surface area contributed by atoms with E-state index < -0.39 is 32.7 Å². The van der Waals surface area contributed by atoms with Crippen molar-refractivity contribution in [3.8, 4) is 0 Å². The molecule has 1 atom stereocenters. The van der Waals surface area contributed by atoms with Gasteiger partial charge >= 0.3 is 5.97 Å². The number of hydrogen-bond donors (Lipinski definition) is 2. The monoisotopic (exact) mass is 261 g/mol. The Morgan fingerprint density at radius 2 is 2.06 bits per heavy atom. The van der Waals surface area contributed by atoms with Gasteiger partial charge in [-0.25, -0.2) is 12.8 Å². The Morgan fingerprint density at radius 3 is 2.53 bits per heavy atom. The Kier molecular flexibility index (Phi) is 4.19. The van der Waals surface area contributed by atoms with Gasteiger partial charge in [-0.15, -0.1) is 0 Å². The lowest BCUT2D eigenvalue weighted by molar-refractivity contribution is -0.139. The molecule has 1 rings (SSSR count). The standard InChI is InChI=1S/C10H12FNO4S/c1-2-8(10(13)14)12-17(15,16)9-6-4-3-5-7(9)11/h3-6,8,12H,2H2,1H3,(H,13,14)/t8-/m0/s1. The number of hydrogen-bond acceptors (Lipinski definition) is 3. The van der Waals surface area contributed by atoms with Gasteiger partial charge in [-0.1, -0.05) is 19.1 Å². The van der Waals surface area contributed by atoms with Crippen LogP contribution < -0.4 is 4.72 Å². The first-order valence-corrected chi connectivity index (χ1v) is 6.36. The number of sulfonamides is 1. The molecule has 0 aromatic heterocycles. The molecule has 0 fully saturated rings. The maximum atomic E-state index is 13.3. The molecule has 0 aliphatic carbocycles. The van der Waals surface area contributed by atoms with E-state index >= 15 is 0 Å². The molecular weight excluding hydrogens is 249 g/mol. The van der Waals surface area contributed by atoms with Gasteiger partial charge in [0.25, 0.3) is 0 Å². The molecule has 94 valence electrons. The third-order valence-corrected chi connectivity index (χ3v) is 3.63. The summed E-state index contributed by atoms with van der Waals surface area (Å²) < 4.78 is 38.6. The number of carboxylic acid groups (broad SMARTS) is 1. The van der Waals surface area contributed by atoms with Crippen LogP contribution in [0.25, 0.3) is 0 Å². The van der Waals surface area contributed by atoms with Crippen LogP contribution in [0.5, 0.6) is 0 Å². The van der Waals surface area contributed by atoms with Crippen molar-refractivity contribution in [1.82, 2.24) is 4.72 Å². The van der Waals surface area contributed by atoms with Gasteiger partial charge in [-0.3, -0.25) is 4.79 Å². The second kappa shape index (κ2) is 5.24. The normalized spacial score (nSPS) is 13.3. The van der Waals surface area contributed by atoms with Crippen LogP contribution in [0.2, 0.25) is 0 Å². The molecule has 0 saturated heterocycles. The molecule has 5 nitrogen and oxygen atoms in total. The van der Waals surface area contributed by atoms with Crippen molar-refractivity contribution < 1.29 is 22.7 Å². The van der Waals surface area contributed by atoms with Crippen molar-refractivity contribution in [3.63, 3.8) is 0 Å². The van der Waals surface area contributed by atoms with Crippen molar-refractivity contribution >= 4 is 16.0 Å². The van der Waals surface area contributed by atoms with Gasteiger partial charge in [0.2, 0.25) is 10.0 Å². The van der Waals surface area contributed by atoms with Crippen LogP contribution in [0.15, 0.2) is 29.2 Å². The fourth-order valence-electron chi connectivity index (χ4n) is 1.22. The van der Waals surface area contributed by atoms with E-state index in [1.165, 1.54) is 19.1 Å². The minimum absolute atomic E-state index is 0.0724. The molecule has 7 heteroatoms. The van der Waals surface area contributed by atoms with E-state index in [1.807, 2.05) is 4.72 Å². The molecule has 0 saturated carbocycles. The molecule has 1 aromatic carbocycles. The summed E-state index contributed by atoms with van der Waals surface area (Å²) in [4.78, 5) is 10.1. The summed E-state index contributed by atoms with van der Waals surface area (Å²) in [6.07, 6.45) is 0.0724. The lowest BCUT2D eigenvalue weighted by Crippen LogP contribution is -2.40. The second-order valence-corrected chi connectivity index (χ2v) is 5.03. The highest BCUT2D eigenvalue weighted by atomic mass is 32.2. The average Bonchev–Trinajstić information content (AvgIpc) is 2.26. The molecule has 0 unspecified atom stereocenters. The van der Waals surface area contributed by atoms with Crippen molar-refractivity contribution in [2.45, 2.75) is 24.3 Å². The van der Waals surface area contributed by atoms with Crippen LogP contribution >= 0.6 is 0 Å². The van der Waals surface area contributed by atoms with Gasteiger partial charge in [0.15, 0.2) is 0 Å². The first-order chi connectivity index (χ1) is 7.88. The van der Waals surface area contributed by atoms with E-state index in [0.29, 0.717) is 0 Å². The number of benzene rings is 1. The lowest BCUT2D eigenvalue weighted by atomic mass is 10.2. The van der Waals surface area contributed by atoms with Gasteiger partial charge in [0.1, 0.15) is 16.8 Å². The van der Waals surface area contributed by atoms with E-state index in [2.05, 4.69) is 0 Å². The summed E-state index contributed by atoms with van der Waals surface area (Å²) in [7, 11) is -4.15. The molecule has 0 radical (unpaired) electrons. The van der Waals surface area contributed by atoms with E-state index in [4.69, 9.17) is 5.11 Å². The third-order valence-electron chi connectivity index (χ3n) is 2.13. The second-order valence-electron chi connectivity index (χ2n) is 3.35.